The molecule has 1 aliphatic heterocycles. The second-order valence-corrected chi connectivity index (χ2v) is 5.53. The first-order valence-corrected chi connectivity index (χ1v) is 6.67. The molecule has 1 saturated carbocycles. The van der Waals surface area contributed by atoms with Gasteiger partial charge in [-0.05, 0) is 48.9 Å². The van der Waals surface area contributed by atoms with Crippen LogP contribution >= 0.6 is 0 Å². The van der Waals surface area contributed by atoms with Gasteiger partial charge in [-0.25, -0.2) is 0 Å². The molecule has 0 aromatic heterocycles. The first-order valence-electron chi connectivity index (χ1n) is 6.67. The summed E-state index contributed by atoms with van der Waals surface area (Å²) < 4.78 is 5.27. The predicted molar refractivity (Wildman–Crippen MR) is 70.9 cm³/mol. The fourth-order valence-electron chi connectivity index (χ4n) is 2.73. The van der Waals surface area contributed by atoms with E-state index >= 15 is 0 Å². The summed E-state index contributed by atoms with van der Waals surface area (Å²) in [4.78, 5) is 14.3. The lowest BCUT2D eigenvalue weighted by atomic mass is 9.93. The van der Waals surface area contributed by atoms with Crippen LogP contribution in [0.15, 0.2) is 18.2 Å². The van der Waals surface area contributed by atoms with Gasteiger partial charge in [0.1, 0.15) is 5.75 Å². The molecule has 0 N–H and O–H groups in total. The molecule has 3 heteroatoms. The maximum atomic E-state index is 12.3. The van der Waals surface area contributed by atoms with Crippen LogP contribution in [0.1, 0.15) is 25.3 Å². The number of hydrogen-bond acceptors (Lipinski definition) is 2. The largest absolute Gasteiger partial charge is 0.497 e. The Morgan fingerprint density at radius 3 is 2.83 bits per heavy atom. The Hall–Kier alpha value is -1.51. The topological polar surface area (TPSA) is 29.5 Å². The van der Waals surface area contributed by atoms with E-state index in [-0.39, 0.29) is 5.92 Å². The fraction of sp³-hybridized carbons (Fsp3) is 0.533. The van der Waals surface area contributed by atoms with E-state index in [2.05, 4.69) is 13.0 Å². The fourth-order valence-corrected chi connectivity index (χ4v) is 2.73. The number of nitrogens with zero attached hydrogens (tertiary/aromatic N) is 1. The molecule has 1 aliphatic carbocycles. The molecule has 0 saturated heterocycles. The van der Waals surface area contributed by atoms with Crippen molar-refractivity contribution in [3.05, 3.63) is 23.8 Å². The third kappa shape index (κ3) is 1.98. The second kappa shape index (κ2) is 4.30. The first kappa shape index (κ1) is 11.6. The van der Waals surface area contributed by atoms with Crippen LogP contribution in [0.2, 0.25) is 0 Å². The molecule has 1 aromatic carbocycles. The molecule has 0 bridgehead atoms. The average molecular weight is 245 g/mol. The molecular weight excluding hydrogens is 226 g/mol. The Bertz CT molecular complexity index is 479. The normalized spacial score (nSPS) is 22.6. The van der Waals surface area contributed by atoms with E-state index in [9.17, 15) is 4.79 Å². The van der Waals surface area contributed by atoms with Crippen molar-refractivity contribution in [3.8, 4) is 5.75 Å². The van der Waals surface area contributed by atoms with Crippen LogP contribution in [0.25, 0.3) is 0 Å². The van der Waals surface area contributed by atoms with Crippen molar-refractivity contribution in [1.82, 2.24) is 0 Å². The molecule has 1 fully saturated rings. The summed E-state index contributed by atoms with van der Waals surface area (Å²) in [5.74, 6) is 1.99. The van der Waals surface area contributed by atoms with Gasteiger partial charge in [0.15, 0.2) is 0 Å². The number of methoxy groups -OCH3 is 1. The molecule has 3 rings (SSSR count). The Kier molecular flexibility index (Phi) is 2.77. The minimum absolute atomic E-state index is 0.283. The van der Waals surface area contributed by atoms with Gasteiger partial charge in [0.05, 0.1) is 7.11 Å². The van der Waals surface area contributed by atoms with Crippen LogP contribution in [-0.2, 0) is 11.2 Å². The summed E-state index contributed by atoms with van der Waals surface area (Å²) >= 11 is 0. The minimum atomic E-state index is 0.283. The van der Waals surface area contributed by atoms with E-state index < -0.39 is 0 Å². The van der Waals surface area contributed by atoms with Crippen LogP contribution in [0.3, 0.4) is 0 Å². The van der Waals surface area contributed by atoms with Crippen molar-refractivity contribution >= 4 is 11.6 Å². The summed E-state index contributed by atoms with van der Waals surface area (Å²) in [5.41, 5.74) is 2.33. The highest BCUT2D eigenvalue weighted by atomic mass is 16.5. The average Bonchev–Trinajstić information content (AvgIpc) is 3.20. The highest BCUT2D eigenvalue weighted by molar-refractivity contribution is 5.97. The smallest absolute Gasteiger partial charge is 0.230 e. The van der Waals surface area contributed by atoms with Crippen molar-refractivity contribution in [1.29, 1.82) is 0 Å². The summed E-state index contributed by atoms with van der Waals surface area (Å²) in [7, 11) is 1.68. The molecule has 1 amide bonds. The van der Waals surface area contributed by atoms with Crippen molar-refractivity contribution in [3.63, 3.8) is 0 Å². The summed E-state index contributed by atoms with van der Waals surface area (Å²) in [6.45, 7) is 3.06. The second-order valence-electron chi connectivity index (χ2n) is 5.53. The van der Waals surface area contributed by atoms with E-state index in [1.807, 2.05) is 17.0 Å². The van der Waals surface area contributed by atoms with Crippen LogP contribution in [0.5, 0.6) is 5.75 Å². The van der Waals surface area contributed by atoms with Crippen molar-refractivity contribution in [2.45, 2.75) is 26.2 Å². The summed E-state index contributed by atoms with van der Waals surface area (Å²) in [6, 6.07) is 6.04. The molecule has 1 heterocycles. The zero-order valence-corrected chi connectivity index (χ0v) is 11.0. The van der Waals surface area contributed by atoms with Crippen molar-refractivity contribution in [2.75, 3.05) is 18.6 Å². The van der Waals surface area contributed by atoms with E-state index in [1.54, 1.807) is 7.11 Å². The molecular formula is C15H19NO2. The number of benzene rings is 1. The van der Waals surface area contributed by atoms with Gasteiger partial charge in [-0.2, -0.15) is 0 Å². The molecule has 96 valence electrons. The van der Waals surface area contributed by atoms with Gasteiger partial charge < -0.3 is 9.64 Å². The molecule has 1 atom stereocenters. The predicted octanol–water partition coefficient (Wildman–Crippen LogP) is 2.63. The van der Waals surface area contributed by atoms with Crippen molar-refractivity contribution in [2.24, 2.45) is 11.8 Å². The molecule has 2 aliphatic rings. The summed E-state index contributed by atoms with van der Waals surface area (Å²) in [5, 5.41) is 0. The third-order valence-corrected chi connectivity index (χ3v) is 3.83. The number of hydrogen-bond donors (Lipinski definition) is 0. The van der Waals surface area contributed by atoms with Gasteiger partial charge in [0.2, 0.25) is 5.91 Å². The Morgan fingerprint density at radius 1 is 1.39 bits per heavy atom. The van der Waals surface area contributed by atoms with Gasteiger partial charge in [-0.15, -0.1) is 0 Å². The lowest BCUT2D eigenvalue weighted by Crippen LogP contribution is -2.40. The molecule has 1 unspecified atom stereocenters. The number of carbonyl (C=O) groups is 1. The highest BCUT2D eigenvalue weighted by Gasteiger charge is 2.36. The lowest BCUT2D eigenvalue weighted by Gasteiger charge is -2.33. The number of fused-ring (bicyclic) bond motifs is 1. The van der Waals surface area contributed by atoms with Crippen LogP contribution in [0, 0.1) is 11.8 Å². The van der Waals surface area contributed by atoms with Crippen LogP contribution < -0.4 is 9.64 Å². The third-order valence-electron chi connectivity index (χ3n) is 3.83. The molecule has 0 spiro atoms. The zero-order valence-electron chi connectivity index (χ0n) is 11.0. The number of carbonyl (C=O) groups excluding carboxylic acids is 1. The standard InChI is InChI=1S/C15H19NO2/c1-10-7-12-8-13(18-2)5-6-14(12)16(9-10)15(17)11-3-4-11/h5-6,8,10-11H,3-4,7,9H2,1-2H3. The molecule has 1 aromatic rings. The number of amides is 1. The van der Waals surface area contributed by atoms with E-state index in [0.29, 0.717) is 11.8 Å². The quantitative estimate of drug-likeness (QED) is 0.801. The van der Waals surface area contributed by atoms with E-state index in [0.717, 1.165) is 37.2 Å². The van der Waals surface area contributed by atoms with E-state index in [4.69, 9.17) is 4.74 Å². The zero-order chi connectivity index (χ0) is 12.7. The van der Waals surface area contributed by atoms with Gasteiger partial charge in [-0.1, -0.05) is 6.92 Å². The monoisotopic (exact) mass is 245 g/mol. The summed E-state index contributed by atoms with van der Waals surface area (Å²) in [6.07, 6.45) is 3.16. The lowest BCUT2D eigenvalue weighted by molar-refractivity contribution is -0.120. The van der Waals surface area contributed by atoms with Gasteiger partial charge in [0, 0.05) is 18.2 Å². The maximum Gasteiger partial charge on any atom is 0.230 e. The number of anilines is 1. The highest BCUT2D eigenvalue weighted by Crippen LogP contribution is 2.37. The minimum Gasteiger partial charge on any atom is -0.497 e. The number of ether oxygens (including phenoxy) is 1. The maximum absolute atomic E-state index is 12.3. The van der Waals surface area contributed by atoms with Crippen LogP contribution in [0.4, 0.5) is 5.69 Å². The van der Waals surface area contributed by atoms with Gasteiger partial charge in [0.25, 0.3) is 0 Å². The van der Waals surface area contributed by atoms with Crippen LogP contribution in [-0.4, -0.2) is 19.6 Å². The first-order chi connectivity index (χ1) is 8.69. The Labute approximate surface area is 108 Å². The molecule has 18 heavy (non-hydrogen) atoms. The molecule has 0 radical (unpaired) electrons. The van der Waals surface area contributed by atoms with Gasteiger partial charge in [-0.3, -0.25) is 4.79 Å². The Morgan fingerprint density at radius 2 is 2.17 bits per heavy atom. The van der Waals surface area contributed by atoms with Crippen molar-refractivity contribution < 1.29 is 9.53 Å². The number of rotatable bonds is 2. The Balaban J connectivity index is 1.96. The SMILES string of the molecule is COc1ccc2c(c1)CC(C)CN2C(=O)C1CC1. The van der Waals surface area contributed by atoms with E-state index in [1.165, 1.54) is 5.56 Å². The van der Waals surface area contributed by atoms with Gasteiger partial charge >= 0.3 is 0 Å². The molecule has 3 nitrogen and oxygen atoms in total.